The minimum atomic E-state index is -3.71. The molecule has 0 N–H and O–H groups in total. The van der Waals surface area contributed by atoms with Crippen LogP contribution in [0, 0.1) is 5.82 Å². The lowest BCUT2D eigenvalue weighted by Crippen LogP contribution is -2.33. The molecule has 0 spiro atoms. The molecule has 1 amide bonds. The molecule has 222 valence electrons. The highest BCUT2D eigenvalue weighted by Gasteiger charge is 2.26. The Kier molecular flexibility index (Phi) is 10.8. The number of benzene rings is 3. The van der Waals surface area contributed by atoms with Crippen molar-refractivity contribution in [2.24, 2.45) is 5.10 Å². The van der Waals surface area contributed by atoms with Crippen molar-refractivity contribution in [2.75, 3.05) is 24.7 Å². The molecule has 0 saturated heterocycles. The van der Waals surface area contributed by atoms with Gasteiger partial charge in [-0.3, -0.25) is 4.79 Å². The second kappa shape index (κ2) is 14.5. The molecular formula is C31H35FN4O4S2. The van der Waals surface area contributed by atoms with Crippen LogP contribution in [0.15, 0.2) is 76.7 Å². The van der Waals surface area contributed by atoms with Gasteiger partial charge in [-0.15, -0.1) is 0 Å². The number of hydrogen-bond acceptors (Lipinski definition) is 7. The zero-order valence-electron chi connectivity index (χ0n) is 24.0. The first kappa shape index (κ1) is 31.3. The number of carbonyl (C=O) groups excluding carboxylic acids is 1. The maximum Gasteiger partial charge on any atom is 0.280 e. The Bertz CT molecular complexity index is 1610. The molecule has 0 aliphatic rings. The number of rotatable bonds is 14. The Morgan fingerprint density at radius 2 is 1.64 bits per heavy atom. The monoisotopic (exact) mass is 610 g/mol. The van der Waals surface area contributed by atoms with Gasteiger partial charge >= 0.3 is 0 Å². The molecule has 0 unspecified atom stereocenters. The minimum absolute atomic E-state index is 0.131. The molecule has 4 rings (SSSR count). The van der Waals surface area contributed by atoms with Crippen LogP contribution in [0.25, 0.3) is 10.2 Å². The predicted molar refractivity (Wildman–Crippen MR) is 167 cm³/mol. The maximum atomic E-state index is 13.9. The highest BCUT2D eigenvalue weighted by atomic mass is 32.2. The molecule has 0 radical (unpaired) electrons. The number of hydrogen-bond donors (Lipinski definition) is 0. The van der Waals surface area contributed by atoms with Crippen LogP contribution in [0.4, 0.5) is 9.52 Å². The highest BCUT2D eigenvalue weighted by Crippen LogP contribution is 2.31. The summed E-state index contributed by atoms with van der Waals surface area (Å²) in [4.78, 5) is 18.4. The number of anilines is 1. The van der Waals surface area contributed by atoms with Crippen LogP contribution < -0.4 is 9.75 Å². The van der Waals surface area contributed by atoms with Gasteiger partial charge in [-0.25, -0.2) is 17.8 Å². The van der Waals surface area contributed by atoms with Gasteiger partial charge in [0.2, 0.25) is 15.2 Å². The van der Waals surface area contributed by atoms with Crippen LogP contribution in [-0.2, 0) is 10.0 Å². The van der Waals surface area contributed by atoms with E-state index in [9.17, 15) is 17.6 Å². The summed E-state index contributed by atoms with van der Waals surface area (Å²) in [7, 11) is -3.71. The summed E-state index contributed by atoms with van der Waals surface area (Å²) in [5.41, 5.74) is 1.49. The summed E-state index contributed by atoms with van der Waals surface area (Å²) in [5.74, 6) is -0.194. The second-order valence-electron chi connectivity index (χ2n) is 9.61. The summed E-state index contributed by atoms with van der Waals surface area (Å²) in [6, 6.07) is 17.3. The molecule has 11 heteroatoms. The number of fused-ring (bicyclic) bond motifs is 1. The lowest BCUT2D eigenvalue weighted by atomic mass is 10.2. The van der Waals surface area contributed by atoms with E-state index in [4.69, 9.17) is 4.74 Å². The Morgan fingerprint density at radius 1 is 0.976 bits per heavy atom. The molecule has 0 aliphatic heterocycles. The molecule has 42 heavy (non-hydrogen) atoms. The standard InChI is InChI=1S/C31H35FN4O4S2/c1-4-7-19-35(20-8-5-2)42(38,39)27-16-11-24(12-17-27)30(37)36(31-34-28-18-13-25(32)21-29(28)41-31)33-22-23-9-14-26(15-10-23)40-6-3/h9-18,21-22H,4-8,19-20H2,1-3H3/b33-22+. The average molecular weight is 611 g/mol. The third-order valence-corrected chi connectivity index (χ3v) is 9.39. The van der Waals surface area contributed by atoms with Crippen LogP contribution in [0.1, 0.15) is 62.4 Å². The van der Waals surface area contributed by atoms with E-state index < -0.39 is 21.7 Å². The first-order valence-electron chi connectivity index (χ1n) is 14.0. The summed E-state index contributed by atoms with van der Waals surface area (Å²) in [5, 5.41) is 5.85. The smallest absolute Gasteiger partial charge is 0.280 e. The molecule has 0 aliphatic carbocycles. The molecule has 1 heterocycles. The zero-order valence-corrected chi connectivity index (χ0v) is 25.6. The van der Waals surface area contributed by atoms with Crippen LogP contribution in [0.5, 0.6) is 5.75 Å². The third kappa shape index (κ3) is 7.58. The summed E-state index contributed by atoms with van der Waals surface area (Å²) < 4.78 is 48.2. The van der Waals surface area contributed by atoms with Gasteiger partial charge in [0.1, 0.15) is 11.6 Å². The van der Waals surface area contributed by atoms with E-state index in [0.29, 0.717) is 35.7 Å². The molecule has 0 atom stereocenters. The van der Waals surface area contributed by atoms with Crippen molar-refractivity contribution < 1.29 is 22.3 Å². The van der Waals surface area contributed by atoms with Gasteiger partial charge in [-0.1, -0.05) is 38.0 Å². The van der Waals surface area contributed by atoms with Crippen molar-refractivity contribution in [3.05, 3.63) is 83.7 Å². The number of aromatic nitrogens is 1. The summed E-state index contributed by atoms with van der Waals surface area (Å²) in [6.45, 7) is 7.40. The fraction of sp³-hybridized carbons (Fsp3) is 0.323. The fourth-order valence-electron chi connectivity index (χ4n) is 4.17. The molecular weight excluding hydrogens is 575 g/mol. The van der Waals surface area contributed by atoms with Gasteiger partial charge in [0, 0.05) is 18.7 Å². The first-order chi connectivity index (χ1) is 20.3. The van der Waals surface area contributed by atoms with E-state index in [-0.39, 0.29) is 15.6 Å². The van der Waals surface area contributed by atoms with E-state index in [1.54, 1.807) is 18.2 Å². The van der Waals surface area contributed by atoms with Crippen molar-refractivity contribution in [1.82, 2.24) is 9.29 Å². The van der Waals surface area contributed by atoms with E-state index in [1.165, 1.54) is 46.9 Å². The maximum absolute atomic E-state index is 13.9. The third-order valence-electron chi connectivity index (χ3n) is 6.49. The molecule has 1 aromatic heterocycles. The summed E-state index contributed by atoms with van der Waals surface area (Å²) >= 11 is 1.13. The lowest BCUT2D eigenvalue weighted by Gasteiger charge is -2.22. The Labute approximate surface area is 250 Å². The van der Waals surface area contributed by atoms with E-state index in [1.807, 2.05) is 32.9 Å². The molecule has 8 nitrogen and oxygen atoms in total. The van der Waals surface area contributed by atoms with Gasteiger partial charge in [-0.2, -0.15) is 14.4 Å². The Hall–Kier alpha value is -3.67. The molecule has 0 fully saturated rings. The number of halogens is 1. The van der Waals surface area contributed by atoms with Gasteiger partial charge < -0.3 is 4.74 Å². The van der Waals surface area contributed by atoms with Crippen LogP contribution >= 0.6 is 11.3 Å². The minimum Gasteiger partial charge on any atom is -0.494 e. The molecule has 4 aromatic rings. The van der Waals surface area contributed by atoms with Crippen LogP contribution in [0.3, 0.4) is 0 Å². The normalized spacial score (nSPS) is 11.9. The van der Waals surface area contributed by atoms with Gasteiger partial charge in [-0.05, 0) is 92.1 Å². The SMILES string of the molecule is CCCCN(CCCC)S(=O)(=O)c1ccc(C(=O)N(/N=C/c2ccc(OCC)cc2)c2nc3ccc(F)cc3s2)cc1. The zero-order chi connectivity index (χ0) is 30.1. The van der Waals surface area contributed by atoms with Crippen molar-refractivity contribution in [3.63, 3.8) is 0 Å². The second-order valence-corrected chi connectivity index (χ2v) is 12.6. The van der Waals surface area contributed by atoms with Crippen molar-refractivity contribution in [2.45, 2.75) is 51.3 Å². The van der Waals surface area contributed by atoms with Crippen LogP contribution in [-0.4, -0.2) is 49.5 Å². The van der Waals surface area contributed by atoms with Gasteiger partial charge in [0.25, 0.3) is 5.91 Å². The van der Waals surface area contributed by atoms with Crippen molar-refractivity contribution in [1.29, 1.82) is 0 Å². The highest BCUT2D eigenvalue weighted by molar-refractivity contribution is 7.89. The van der Waals surface area contributed by atoms with E-state index in [2.05, 4.69) is 10.1 Å². The Morgan fingerprint density at radius 3 is 2.26 bits per heavy atom. The van der Waals surface area contributed by atoms with E-state index >= 15 is 0 Å². The Balaban J connectivity index is 1.65. The largest absolute Gasteiger partial charge is 0.494 e. The molecule has 0 saturated carbocycles. The van der Waals surface area contributed by atoms with E-state index in [0.717, 1.165) is 47.6 Å². The van der Waals surface area contributed by atoms with Crippen molar-refractivity contribution >= 4 is 48.8 Å². The number of unbranched alkanes of at least 4 members (excludes halogenated alkanes) is 2. The average Bonchev–Trinajstić information content (AvgIpc) is 3.41. The summed E-state index contributed by atoms with van der Waals surface area (Å²) in [6.07, 6.45) is 4.84. The molecule has 0 bridgehead atoms. The number of carbonyl (C=O) groups is 1. The fourth-order valence-corrected chi connectivity index (χ4v) is 6.63. The quantitative estimate of drug-likeness (QED) is 0.112. The van der Waals surface area contributed by atoms with Gasteiger partial charge in [0.05, 0.1) is 27.9 Å². The number of thiazole rings is 1. The van der Waals surface area contributed by atoms with Gasteiger partial charge in [0.15, 0.2) is 0 Å². The van der Waals surface area contributed by atoms with Crippen molar-refractivity contribution in [3.8, 4) is 5.75 Å². The first-order valence-corrected chi connectivity index (χ1v) is 16.3. The molecule has 3 aromatic carbocycles. The topological polar surface area (TPSA) is 92.2 Å². The number of ether oxygens (including phenoxy) is 1. The number of hydrazone groups is 1. The van der Waals surface area contributed by atoms with Crippen LogP contribution in [0.2, 0.25) is 0 Å². The number of amides is 1. The lowest BCUT2D eigenvalue weighted by molar-refractivity contribution is 0.0987. The number of nitrogens with zero attached hydrogens (tertiary/aromatic N) is 4. The number of sulfonamides is 1. The predicted octanol–water partition coefficient (Wildman–Crippen LogP) is 7.11.